The number of ether oxygens (including phenoxy) is 1. The molecule has 1 aromatic carbocycles. The van der Waals surface area contributed by atoms with E-state index in [4.69, 9.17) is 4.74 Å². The Morgan fingerprint density at radius 1 is 1.05 bits per heavy atom. The molecule has 0 spiro atoms. The lowest BCUT2D eigenvalue weighted by atomic mass is 10.1. The van der Waals surface area contributed by atoms with Gasteiger partial charge in [-0.05, 0) is 55.7 Å². The summed E-state index contributed by atoms with van der Waals surface area (Å²) in [4.78, 5) is 4.35. The van der Waals surface area contributed by atoms with Gasteiger partial charge in [-0.3, -0.25) is 10.4 Å². The highest BCUT2D eigenvalue weighted by molar-refractivity contribution is 5.59. The Bertz CT molecular complexity index is 550. The summed E-state index contributed by atoms with van der Waals surface area (Å²) in [7, 11) is 0. The molecule has 116 valence electrons. The second-order valence-electron chi connectivity index (χ2n) is 5.54. The number of aromatic nitrogens is 1. The van der Waals surface area contributed by atoms with Gasteiger partial charge in [-0.25, -0.2) is 5.01 Å². The first-order chi connectivity index (χ1) is 10.9. The van der Waals surface area contributed by atoms with E-state index in [1.54, 1.807) is 0 Å². The SMILES string of the molecule is c1ccc(-c2ccc(OCCCNN3CCCC3)cc2)nc1. The third kappa shape index (κ3) is 4.29. The quantitative estimate of drug-likeness (QED) is 0.797. The summed E-state index contributed by atoms with van der Waals surface area (Å²) in [6, 6.07) is 14.1. The average Bonchev–Trinajstić information content (AvgIpc) is 3.09. The van der Waals surface area contributed by atoms with Crippen LogP contribution in [0.15, 0.2) is 48.7 Å². The zero-order valence-corrected chi connectivity index (χ0v) is 12.9. The summed E-state index contributed by atoms with van der Waals surface area (Å²) in [6.07, 6.45) is 5.45. The topological polar surface area (TPSA) is 37.4 Å². The molecule has 0 bridgehead atoms. The fourth-order valence-corrected chi connectivity index (χ4v) is 2.63. The maximum absolute atomic E-state index is 5.78. The molecular weight excluding hydrogens is 274 g/mol. The van der Waals surface area contributed by atoms with Gasteiger partial charge in [0, 0.05) is 31.4 Å². The third-order valence-corrected chi connectivity index (χ3v) is 3.85. The van der Waals surface area contributed by atoms with Crippen molar-refractivity contribution in [2.75, 3.05) is 26.2 Å². The highest BCUT2D eigenvalue weighted by atomic mass is 16.5. The lowest BCUT2D eigenvalue weighted by Crippen LogP contribution is -2.36. The van der Waals surface area contributed by atoms with Gasteiger partial charge in [-0.15, -0.1) is 0 Å². The molecule has 1 aromatic heterocycles. The fourth-order valence-electron chi connectivity index (χ4n) is 2.63. The Morgan fingerprint density at radius 2 is 1.86 bits per heavy atom. The van der Waals surface area contributed by atoms with Crippen molar-refractivity contribution in [3.63, 3.8) is 0 Å². The molecule has 22 heavy (non-hydrogen) atoms. The van der Waals surface area contributed by atoms with Crippen molar-refractivity contribution >= 4 is 0 Å². The van der Waals surface area contributed by atoms with Crippen LogP contribution >= 0.6 is 0 Å². The lowest BCUT2D eigenvalue weighted by molar-refractivity contribution is 0.220. The van der Waals surface area contributed by atoms with Gasteiger partial charge in [-0.2, -0.15) is 0 Å². The largest absolute Gasteiger partial charge is 0.494 e. The van der Waals surface area contributed by atoms with Gasteiger partial charge < -0.3 is 4.74 Å². The van der Waals surface area contributed by atoms with E-state index in [2.05, 4.69) is 27.6 Å². The molecule has 1 aliphatic heterocycles. The van der Waals surface area contributed by atoms with Crippen LogP contribution < -0.4 is 10.2 Å². The van der Waals surface area contributed by atoms with Crippen LogP contribution in [0.2, 0.25) is 0 Å². The van der Waals surface area contributed by atoms with Crippen LogP contribution in [0.25, 0.3) is 11.3 Å². The molecule has 2 heterocycles. The molecule has 3 rings (SSSR count). The van der Waals surface area contributed by atoms with E-state index in [1.165, 1.54) is 25.9 Å². The van der Waals surface area contributed by atoms with E-state index in [0.29, 0.717) is 0 Å². The summed E-state index contributed by atoms with van der Waals surface area (Å²) >= 11 is 0. The molecule has 4 nitrogen and oxygen atoms in total. The highest BCUT2D eigenvalue weighted by Gasteiger charge is 2.09. The minimum absolute atomic E-state index is 0.740. The number of pyridine rings is 1. The van der Waals surface area contributed by atoms with Crippen LogP contribution in [0.5, 0.6) is 5.75 Å². The van der Waals surface area contributed by atoms with E-state index in [-0.39, 0.29) is 0 Å². The molecule has 0 radical (unpaired) electrons. The standard InChI is InChI=1S/C18H23N3O/c1-2-11-19-18(6-1)16-7-9-17(10-8-16)22-15-5-12-20-21-13-3-4-14-21/h1-2,6-11,20H,3-5,12-15H2. The van der Waals surface area contributed by atoms with Gasteiger partial charge in [-0.1, -0.05) is 6.07 Å². The molecule has 1 N–H and O–H groups in total. The summed E-state index contributed by atoms with van der Waals surface area (Å²) in [6.45, 7) is 4.07. The normalized spacial score (nSPS) is 15.1. The number of benzene rings is 1. The Labute approximate surface area is 132 Å². The molecule has 0 aliphatic carbocycles. The summed E-state index contributed by atoms with van der Waals surface area (Å²) in [5.41, 5.74) is 5.55. The van der Waals surface area contributed by atoms with Crippen molar-refractivity contribution in [3.05, 3.63) is 48.7 Å². The smallest absolute Gasteiger partial charge is 0.119 e. The predicted octanol–water partition coefficient (Wildman–Crippen LogP) is 3.12. The first-order valence-electron chi connectivity index (χ1n) is 8.04. The predicted molar refractivity (Wildman–Crippen MR) is 88.6 cm³/mol. The molecule has 0 unspecified atom stereocenters. The first-order valence-corrected chi connectivity index (χ1v) is 8.04. The molecule has 1 fully saturated rings. The Kier molecular flexibility index (Phi) is 5.40. The Balaban J connectivity index is 1.39. The van der Waals surface area contributed by atoms with Crippen LogP contribution in [0.3, 0.4) is 0 Å². The van der Waals surface area contributed by atoms with Crippen LogP contribution in [-0.4, -0.2) is 36.2 Å². The molecule has 1 saturated heterocycles. The molecule has 0 saturated carbocycles. The number of nitrogens with one attached hydrogen (secondary N) is 1. The van der Waals surface area contributed by atoms with Gasteiger partial charge in [0.2, 0.25) is 0 Å². The van der Waals surface area contributed by atoms with Crippen molar-refractivity contribution in [2.24, 2.45) is 0 Å². The number of nitrogens with zero attached hydrogens (tertiary/aromatic N) is 2. The monoisotopic (exact) mass is 297 g/mol. The van der Waals surface area contributed by atoms with Crippen LogP contribution in [0, 0.1) is 0 Å². The molecule has 0 atom stereocenters. The maximum atomic E-state index is 5.78. The maximum Gasteiger partial charge on any atom is 0.119 e. The minimum Gasteiger partial charge on any atom is -0.494 e. The van der Waals surface area contributed by atoms with E-state index in [0.717, 1.165) is 36.6 Å². The molecular formula is C18H23N3O. The van der Waals surface area contributed by atoms with Gasteiger partial charge in [0.05, 0.1) is 12.3 Å². The number of hydrazine groups is 1. The zero-order chi connectivity index (χ0) is 15.0. The van der Waals surface area contributed by atoms with Crippen LogP contribution in [0.1, 0.15) is 19.3 Å². The van der Waals surface area contributed by atoms with Crippen LogP contribution in [0.4, 0.5) is 0 Å². The van der Waals surface area contributed by atoms with Gasteiger partial charge in [0.1, 0.15) is 5.75 Å². The summed E-state index contributed by atoms with van der Waals surface area (Å²) in [5.74, 6) is 0.917. The molecule has 1 aliphatic rings. The van der Waals surface area contributed by atoms with E-state index in [1.807, 2.05) is 36.5 Å². The number of hydrogen-bond donors (Lipinski definition) is 1. The summed E-state index contributed by atoms with van der Waals surface area (Å²) in [5, 5.41) is 2.31. The lowest BCUT2D eigenvalue weighted by Gasteiger charge is -2.16. The van der Waals surface area contributed by atoms with Crippen molar-refractivity contribution in [1.29, 1.82) is 0 Å². The summed E-state index contributed by atoms with van der Waals surface area (Å²) < 4.78 is 5.78. The second kappa shape index (κ2) is 7.92. The van der Waals surface area contributed by atoms with Crippen molar-refractivity contribution < 1.29 is 4.74 Å². The fraction of sp³-hybridized carbons (Fsp3) is 0.389. The van der Waals surface area contributed by atoms with Gasteiger partial charge >= 0.3 is 0 Å². The number of hydrogen-bond acceptors (Lipinski definition) is 4. The second-order valence-corrected chi connectivity index (χ2v) is 5.54. The van der Waals surface area contributed by atoms with E-state index >= 15 is 0 Å². The van der Waals surface area contributed by atoms with Crippen molar-refractivity contribution in [2.45, 2.75) is 19.3 Å². The van der Waals surface area contributed by atoms with Crippen molar-refractivity contribution in [3.8, 4) is 17.0 Å². The number of rotatable bonds is 7. The molecule has 2 aromatic rings. The minimum atomic E-state index is 0.740. The van der Waals surface area contributed by atoms with Crippen LogP contribution in [-0.2, 0) is 0 Å². The van der Waals surface area contributed by atoms with Gasteiger partial charge in [0.25, 0.3) is 0 Å². The average molecular weight is 297 g/mol. The molecule has 0 amide bonds. The van der Waals surface area contributed by atoms with E-state index in [9.17, 15) is 0 Å². The van der Waals surface area contributed by atoms with Crippen molar-refractivity contribution in [1.82, 2.24) is 15.4 Å². The Hall–Kier alpha value is -1.91. The highest BCUT2D eigenvalue weighted by Crippen LogP contribution is 2.20. The first kappa shape index (κ1) is 15.0. The van der Waals surface area contributed by atoms with E-state index < -0.39 is 0 Å². The zero-order valence-electron chi connectivity index (χ0n) is 12.9. The van der Waals surface area contributed by atoms with Gasteiger partial charge in [0.15, 0.2) is 0 Å². The third-order valence-electron chi connectivity index (χ3n) is 3.85. The molecule has 4 heteroatoms. The Morgan fingerprint density at radius 3 is 2.59 bits per heavy atom.